The molecule has 76 valence electrons. The number of allylic oxidation sites excluding steroid dienone is 1. The molecule has 3 nitrogen and oxygen atoms in total. The first-order valence-corrected chi connectivity index (χ1v) is 5.15. The van der Waals surface area contributed by atoms with Gasteiger partial charge in [-0.25, -0.2) is 4.98 Å². The fraction of sp³-hybridized carbons (Fsp3) is 0.375. The van der Waals surface area contributed by atoms with Crippen LogP contribution in [0.3, 0.4) is 0 Å². The van der Waals surface area contributed by atoms with Crippen molar-refractivity contribution in [2.75, 3.05) is 5.75 Å². The third-order valence-corrected chi connectivity index (χ3v) is 2.38. The molecule has 0 aliphatic carbocycles. The number of nitrogens with zero attached hydrogens (tertiary/aromatic N) is 3. The van der Waals surface area contributed by atoms with Crippen molar-refractivity contribution in [2.45, 2.75) is 12.2 Å². The van der Waals surface area contributed by atoms with Crippen molar-refractivity contribution in [1.82, 2.24) is 15.2 Å². The first-order valence-electron chi connectivity index (χ1n) is 3.99. The SMILES string of the molecule is FC(F)=CCCSCc1cnncn1. The zero-order chi connectivity index (χ0) is 10.2. The van der Waals surface area contributed by atoms with Crippen LogP contribution in [-0.2, 0) is 5.75 Å². The molecule has 0 spiro atoms. The van der Waals surface area contributed by atoms with Gasteiger partial charge in [-0.3, -0.25) is 0 Å². The maximum atomic E-state index is 11.6. The Kier molecular flexibility index (Phi) is 5.06. The van der Waals surface area contributed by atoms with Gasteiger partial charge < -0.3 is 0 Å². The van der Waals surface area contributed by atoms with E-state index in [0.717, 1.165) is 11.8 Å². The van der Waals surface area contributed by atoms with Crippen molar-refractivity contribution in [3.05, 3.63) is 30.4 Å². The molecule has 0 atom stereocenters. The van der Waals surface area contributed by atoms with Gasteiger partial charge in [-0.15, -0.1) is 5.10 Å². The fourth-order valence-electron chi connectivity index (χ4n) is 0.766. The average molecular weight is 217 g/mol. The summed E-state index contributed by atoms with van der Waals surface area (Å²) in [6.45, 7) is 0. The molecule has 0 aliphatic heterocycles. The molecule has 0 amide bonds. The largest absolute Gasteiger partial charge is 0.266 e. The van der Waals surface area contributed by atoms with Gasteiger partial charge >= 0.3 is 0 Å². The summed E-state index contributed by atoms with van der Waals surface area (Å²) in [4.78, 5) is 3.95. The maximum absolute atomic E-state index is 11.6. The summed E-state index contributed by atoms with van der Waals surface area (Å²) in [5.41, 5.74) is 0.815. The highest BCUT2D eigenvalue weighted by Gasteiger charge is 1.94. The molecule has 0 saturated heterocycles. The molecule has 6 heteroatoms. The van der Waals surface area contributed by atoms with Crippen molar-refractivity contribution in [3.8, 4) is 0 Å². The lowest BCUT2D eigenvalue weighted by Gasteiger charge is -1.97. The highest BCUT2D eigenvalue weighted by molar-refractivity contribution is 7.98. The standard InChI is InChI=1S/C8H9F2N3S/c9-8(10)2-1-3-14-5-7-4-12-13-6-11-7/h2,4,6H,1,3,5H2. The Morgan fingerprint density at radius 1 is 1.43 bits per heavy atom. The van der Waals surface area contributed by atoms with E-state index in [2.05, 4.69) is 15.2 Å². The lowest BCUT2D eigenvalue weighted by atomic mass is 10.5. The molecule has 0 bridgehead atoms. The topological polar surface area (TPSA) is 38.7 Å². The third-order valence-electron chi connectivity index (χ3n) is 1.36. The number of aromatic nitrogens is 3. The summed E-state index contributed by atoms with van der Waals surface area (Å²) in [6.07, 6.45) is 2.63. The fourth-order valence-corrected chi connectivity index (χ4v) is 1.55. The second-order valence-corrected chi connectivity index (χ2v) is 3.54. The van der Waals surface area contributed by atoms with Crippen LogP contribution in [0.5, 0.6) is 0 Å². The van der Waals surface area contributed by atoms with Gasteiger partial charge in [0.15, 0.2) is 0 Å². The minimum Gasteiger partial charge on any atom is -0.237 e. The summed E-state index contributed by atoms with van der Waals surface area (Å²) in [7, 11) is 0. The lowest BCUT2D eigenvalue weighted by molar-refractivity contribution is 0.418. The van der Waals surface area contributed by atoms with Crippen LogP contribution in [0.15, 0.2) is 24.7 Å². The summed E-state index contributed by atoms with van der Waals surface area (Å²) in [5, 5.41) is 7.19. The van der Waals surface area contributed by atoms with Crippen molar-refractivity contribution in [1.29, 1.82) is 0 Å². The van der Waals surface area contributed by atoms with Gasteiger partial charge in [0.25, 0.3) is 6.08 Å². The molecule has 0 radical (unpaired) electrons. The van der Waals surface area contributed by atoms with Crippen LogP contribution in [-0.4, -0.2) is 20.9 Å². The molecule has 0 aliphatic rings. The van der Waals surface area contributed by atoms with Gasteiger partial charge in [-0.05, 0) is 18.2 Å². The minimum absolute atomic E-state index is 0.380. The Morgan fingerprint density at radius 3 is 2.93 bits per heavy atom. The zero-order valence-corrected chi connectivity index (χ0v) is 8.18. The number of rotatable bonds is 5. The van der Waals surface area contributed by atoms with E-state index >= 15 is 0 Å². The number of halogens is 2. The summed E-state index contributed by atoms with van der Waals surface area (Å²) in [5.74, 6) is 1.33. The third kappa shape index (κ3) is 4.86. The van der Waals surface area contributed by atoms with E-state index in [1.165, 1.54) is 6.33 Å². The van der Waals surface area contributed by atoms with Crippen LogP contribution < -0.4 is 0 Å². The van der Waals surface area contributed by atoms with Crippen LogP contribution in [0, 0.1) is 0 Å². The Morgan fingerprint density at radius 2 is 2.29 bits per heavy atom. The smallest absolute Gasteiger partial charge is 0.237 e. The number of hydrogen-bond donors (Lipinski definition) is 0. The molecule has 14 heavy (non-hydrogen) atoms. The van der Waals surface area contributed by atoms with E-state index in [0.29, 0.717) is 17.9 Å². The van der Waals surface area contributed by atoms with Gasteiger partial charge in [0.05, 0.1) is 11.9 Å². The monoisotopic (exact) mass is 217 g/mol. The van der Waals surface area contributed by atoms with Crippen molar-refractivity contribution in [3.63, 3.8) is 0 Å². The molecule has 0 N–H and O–H groups in total. The first kappa shape index (κ1) is 11.0. The van der Waals surface area contributed by atoms with Crippen LogP contribution >= 0.6 is 11.8 Å². The first-order chi connectivity index (χ1) is 6.79. The van der Waals surface area contributed by atoms with Gasteiger partial charge in [-0.1, -0.05) is 0 Å². The van der Waals surface area contributed by atoms with Gasteiger partial charge in [0.1, 0.15) is 6.33 Å². The highest BCUT2D eigenvalue weighted by atomic mass is 32.2. The number of thioether (sulfide) groups is 1. The maximum Gasteiger partial charge on any atom is 0.266 e. The van der Waals surface area contributed by atoms with Crippen LogP contribution in [0.4, 0.5) is 8.78 Å². The Balaban J connectivity index is 2.14. The van der Waals surface area contributed by atoms with Crippen molar-refractivity contribution >= 4 is 11.8 Å². The quantitative estimate of drug-likeness (QED) is 0.709. The molecule has 0 unspecified atom stereocenters. The second kappa shape index (κ2) is 6.42. The molecule has 1 heterocycles. The Bertz CT molecular complexity index is 288. The van der Waals surface area contributed by atoms with E-state index in [4.69, 9.17) is 0 Å². The van der Waals surface area contributed by atoms with Crippen molar-refractivity contribution in [2.24, 2.45) is 0 Å². The summed E-state index contributed by atoms with van der Waals surface area (Å²) >= 11 is 1.54. The van der Waals surface area contributed by atoms with Crippen LogP contribution in [0.2, 0.25) is 0 Å². The number of hydrogen-bond acceptors (Lipinski definition) is 4. The van der Waals surface area contributed by atoms with E-state index < -0.39 is 6.08 Å². The molecule has 1 aromatic heterocycles. The van der Waals surface area contributed by atoms with E-state index in [1.807, 2.05) is 0 Å². The minimum atomic E-state index is -1.62. The Labute approximate surface area is 84.6 Å². The van der Waals surface area contributed by atoms with E-state index in [-0.39, 0.29) is 0 Å². The Hall–Kier alpha value is -1.04. The summed E-state index contributed by atoms with van der Waals surface area (Å²) in [6, 6.07) is 0. The molecule has 1 aromatic rings. The average Bonchev–Trinajstić information content (AvgIpc) is 2.18. The van der Waals surface area contributed by atoms with Gasteiger partial charge in [0.2, 0.25) is 0 Å². The predicted octanol–water partition coefficient (Wildman–Crippen LogP) is 2.28. The van der Waals surface area contributed by atoms with Crippen molar-refractivity contribution < 1.29 is 8.78 Å². The van der Waals surface area contributed by atoms with Gasteiger partial charge in [-0.2, -0.15) is 25.6 Å². The molecule has 0 aromatic carbocycles. The molecular weight excluding hydrogens is 208 g/mol. The molecule has 1 rings (SSSR count). The van der Waals surface area contributed by atoms with Crippen LogP contribution in [0.1, 0.15) is 12.1 Å². The normalized spacial score (nSPS) is 9.86. The molecule has 0 saturated carbocycles. The van der Waals surface area contributed by atoms with E-state index in [1.54, 1.807) is 18.0 Å². The predicted molar refractivity (Wildman–Crippen MR) is 50.9 cm³/mol. The van der Waals surface area contributed by atoms with Gasteiger partial charge in [0, 0.05) is 5.75 Å². The highest BCUT2D eigenvalue weighted by Crippen LogP contribution is 2.11. The summed E-state index contributed by atoms with van der Waals surface area (Å²) < 4.78 is 23.2. The zero-order valence-electron chi connectivity index (χ0n) is 7.36. The molecular formula is C8H9F2N3S. The lowest BCUT2D eigenvalue weighted by Crippen LogP contribution is -1.90. The van der Waals surface area contributed by atoms with E-state index in [9.17, 15) is 8.78 Å². The van der Waals surface area contributed by atoms with Crippen LogP contribution in [0.25, 0.3) is 0 Å². The molecule has 0 fully saturated rings. The second-order valence-electron chi connectivity index (χ2n) is 2.43.